The molecule has 0 bridgehead atoms. The van der Waals surface area contributed by atoms with Crippen LogP contribution < -0.4 is 5.32 Å². The van der Waals surface area contributed by atoms with Crippen molar-refractivity contribution in [3.8, 4) is 0 Å². The fourth-order valence-electron chi connectivity index (χ4n) is 2.27. The molecule has 11 heteroatoms. The highest BCUT2D eigenvalue weighted by molar-refractivity contribution is 5.92. The van der Waals surface area contributed by atoms with Gasteiger partial charge in [0.05, 0.1) is 6.61 Å². The van der Waals surface area contributed by atoms with E-state index >= 15 is 0 Å². The monoisotopic (exact) mass is 351 g/mol. The van der Waals surface area contributed by atoms with Gasteiger partial charge in [0.2, 0.25) is 5.91 Å². The summed E-state index contributed by atoms with van der Waals surface area (Å²) in [6, 6.07) is 0. The van der Waals surface area contributed by atoms with Crippen LogP contribution in [0.5, 0.6) is 0 Å². The van der Waals surface area contributed by atoms with Crippen LogP contribution in [0.3, 0.4) is 0 Å². The summed E-state index contributed by atoms with van der Waals surface area (Å²) >= 11 is 0. The Hall–Kier alpha value is -1.79. The smallest absolute Gasteiger partial charge is 0.317 e. The normalized spacial score (nSPS) is 30.1. The first kappa shape index (κ1) is 20.3. The highest BCUT2D eigenvalue weighted by Gasteiger charge is 2.43. The summed E-state index contributed by atoms with van der Waals surface area (Å²) in [5.74, 6) is -5.30. The molecule has 5 atom stereocenters. The lowest BCUT2D eigenvalue weighted by Crippen LogP contribution is -2.63. The van der Waals surface area contributed by atoms with E-state index in [1.54, 1.807) is 0 Å². The maximum absolute atomic E-state index is 11.8. The van der Waals surface area contributed by atoms with Gasteiger partial charge < -0.3 is 40.7 Å². The Morgan fingerprint density at radius 3 is 2.08 bits per heavy atom. The van der Waals surface area contributed by atoms with Gasteiger partial charge in [0.1, 0.15) is 24.4 Å². The van der Waals surface area contributed by atoms with E-state index in [0.29, 0.717) is 0 Å². The number of ether oxygens (including phenoxy) is 1. The molecule has 7 N–H and O–H groups in total. The molecule has 11 nitrogen and oxygen atoms in total. The van der Waals surface area contributed by atoms with Crippen LogP contribution >= 0.6 is 0 Å². The van der Waals surface area contributed by atoms with Gasteiger partial charge >= 0.3 is 11.9 Å². The Morgan fingerprint density at radius 2 is 1.58 bits per heavy atom. The van der Waals surface area contributed by atoms with Crippen molar-refractivity contribution < 1.29 is 49.8 Å². The van der Waals surface area contributed by atoms with E-state index in [1.165, 1.54) is 0 Å². The minimum absolute atomic E-state index is 0.0352. The molecule has 0 saturated carbocycles. The van der Waals surface area contributed by atoms with Crippen LogP contribution in [0.1, 0.15) is 19.3 Å². The fourth-order valence-corrected chi connectivity index (χ4v) is 2.27. The van der Waals surface area contributed by atoms with E-state index < -0.39 is 61.0 Å². The zero-order valence-electron chi connectivity index (χ0n) is 12.6. The molecule has 0 aliphatic carbocycles. The molecule has 1 heterocycles. The molecule has 0 unspecified atom stereocenters. The molecule has 0 aromatic rings. The molecule has 1 aliphatic heterocycles. The van der Waals surface area contributed by atoms with Crippen LogP contribution in [-0.4, -0.2) is 85.7 Å². The number of nitrogens with one attached hydrogen (secondary N) is 1. The lowest BCUT2D eigenvalue weighted by atomic mass is 9.98. The minimum atomic E-state index is -1.63. The number of carboxylic acids is 2. The number of aliphatic hydroxyl groups is 4. The van der Waals surface area contributed by atoms with Gasteiger partial charge in [0, 0.05) is 6.42 Å². The lowest BCUT2D eigenvalue weighted by molar-refractivity contribution is -0.236. The molecule has 0 aromatic heterocycles. The number of amides is 1. The topological polar surface area (TPSA) is 194 Å². The van der Waals surface area contributed by atoms with Crippen molar-refractivity contribution in [2.24, 2.45) is 5.92 Å². The summed E-state index contributed by atoms with van der Waals surface area (Å²) in [5, 5.41) is 57.6. The number of carboxylic acid groups (broad SMARTS) is 2. The van der Waals surface area contributed by atoms with Gasteiger partial charge in [-0.2, -0.15) is 0 Å². The third-order valence-electron chi connectivity index (χ3n) is 3.69. The SMILES string of the molecule is O=C(CCCC(C(=O)O)C(=O)O)N[C@@H]1O[C@H](CO)[C@@H](O)[C@H](O)[C@H]1O. The van der Waals surface area contributed by atoms with E-state index in [0.717, 1.165) is 0 Å². The van der Waals surface area contributed by atoms with Crippen molar-refractivity contribution in [2.45, 2.75) is 49.9 Å². The average Bonchev–Trinajstić information content (AvgIpc) is 2.51. The summed E-state index contributed by atoms with van der Waals surface area (Å²) in [7, 11) is 0. The van der Waals surface area contributed by atoms with Crippen LogP contribution in [-0.2, 0) is 19.1 Å². The Labute approximate surface area is 136 Å². The van der Waals surface area contributed by atoms with E-state index in [9.17, 15) is 29.7 Å². The second-order valence-electron chi connectivity index (χ2n) is 5.44. The number of hydrogen-bond acceptors (Lipinski definition) is 8. The Kier molecular flexibility index (Phi) is 7.51. The van der Waals surface area contributed by atoms with E-state index in [4.69, 9.17) is 20.1 Å². The van der Waals surface area contributed by atoms with Gasteiger partial charge in [-0.3, -0.25) is 14.4 Å². The first-order valence-corrected chi connectivity index (χ1v) is 7.24. The van der Waals surface area contributed by atoms with E-state index in [-0.39, 0.29) is 19.3 Å². The van der Waals surface area contributed by atoms with Crippen molar-refractivity contribution in [1.82, 2.24) is 5.32 Å². The van der Waals surface area contributed by atoms with Crippen LogP contribution in [0.4, 0.5) is 0 Å². The Bertz CT molecular complexity index is 454. The summed E-state index contributed by atoms with van der Waals surface area (Å²) in [6.45, 7) is -0.643. The van der Waals surface area contributed by atoms with Gasteiger partial charge in [-0.15, -0.1) is 0 Å². The molecule has 138 valence electrons. The average molecular weight is 351 g/mol. The number of aliphatic carboxylic acids is 2. The molecular formula is C13H21NO10. The highest BCUT2D eigenvalue weighted by Crippen LogP contribution is 2.20. The number of rotatable bonds is 8. The van der Waals surface area contributed by atoms with Crippen molar-refractivity contribution in [3.63, 3.8) is 0 Å². The molecule has 1 saturated heterocycles. The zero-order chi connectivity index (χ0) is 18.4. The molecule has 0 spiro atoms. The quantitative estimate of drug-likeness (QED) is 0.220. The standard InChI is InChI=1S/C13H21NO10/c15-4-6-8(17)9(18)10(19)11(24-6)14-7(16)3-1-2-5(12(20)21)13(22)23/h5-6,8-11,15,17-19H,1-4H2,(H,14,16)(H,20,21)(H,22,23)/t6-,8-,9+,10-,11-/m1/s1. The molecule has 1 fully saturated rings. The summed E-state index contributed by atoms with van der Waals surface area (Å²) in [4.78, 5) is 33.2. The highest BCUT2D eigenvalue weighted by atomic mass is 16.6. The Balaban J connectivity index is 2.49. The van der Waals surface area contributed by atoms with Crippen molar-refractivity contribution in [2.75, 3.05) is 6.61 Å². The van der Waals surface area contributed by atoms with Gasteiger partial charge in [-0.05, 0) is 12.8 Å². The molecule has 24 heavy (non-hydrogen) atoms. The van der Waals surface area contributed by atoms with Gasteiger partial charge in [-0.25, -0.2) is 0 Å². The molecule has 1 amide bonds. The van der Waals surface area contributed by atoms with Gasteiger partial charge in [0.15, 0.2) is 12.1 Å². The maximum atomic E-state index is 11.8. The number of carbonyl (C=O) groups excluding carboxylic acids is 1. The summed E-state index contributed by atoms with van der Waals surface area (Å²) in [5.41, 5.74) is 0. The molecule has 1 aliphatic rings. The van der Waals surface area contributed by atoms with Crippen molar-refractivity contribution in [3.05, 3.63) is 0 Å². The molecule has 0 aromatic carbocycles. The van der Waals surface area contributed by atoms with Crippen molar-refractivity contribution >= 4 is 17.8 Å². The van der Waals surface area contributed by atoms with E-state index in [2.05, 4.69) is 5.32 Å². The van der Waals surface area contributed by atoms with Crippen LogP contribution in [0.25, 0.3) is 0 Å². The van der Waals surface area contributed by atoms with Crippen molar-refractivity contribution in [1.29, 1.82) is 0 Å². The van der Waals surface area contributed by atoms with Gasteiger partial charge in [0.25, 0.3) is 0 Å². The maximum Gasteiger partial charge on any atom is 0.317 e. The van der Waals surface area contributed by atoms with Crippen LogP contribution in [0.15, 0.2) is 0 Å². The van der Waals surface area contributed by atoms with Gasteiger partial charge in [-0.1, -0.05) is 0 Å². The fraction of sp³-hybridized carbons (Fsp3) is 0.769. The molecular weight excluding hydrogens is 330 g/mol. The Morgan fingerprint density at radius 1 is 1.00 bits per heavy atom. The molecule has 1 rings (SSSR count). The summed E-state index contributed by atoms with van der Waals surface area (Å²) in [6.07, 6.45) is -7.88. The molecule has 0 radical (unpaired) electrons. The second kappa shape index (κ2) is 8.89. The van der Waals surface area contributed by atoms with E-state index in [1.807, 2.05) is 0 Å². The number of aliphatic hydroxyl groups excluding tert-OH is 4. The first-order chi connectivity index (χ1) is 11.2. The van der Waals surface area contributed by atoms with Crippen LogP contribution in [0, 0.1) is 5.92 Å². The predicted molar refractivity (Wildman–Crippen MR) is 74.5 cm³/mol. The predicted octanol–water partition coefficient (Wildman–Crippen LogP) is -3.14. The zero-order valence-corrected chi connectivity index (χ0v) is 12.6. The third-order valence-corrected chi connectivity index (χ3v) is 3.69. The first-order valence-electron chi connectivity index (χ1n) is 7.24. The minimum Gasteiger partial charge on any atom is -0.481 e. The second-order valence-corrected chi connectivity index (χ2v) is 5.44. The summed E-state index contributed by atoms with van der Waals surface area (Å²) < 4.78 is 5.07. The number of hydrogen-bond donors (Lipinski definition) is 7. The largest absolute Gasteiger partial charge is 0.481 e. The number of carbonyl (C=O) groups is 3. The van der Waals surface area contributed by atoms with Crippen LogP contribution in [0.2, 0.25) is 0 Å². The third kappa shape index (κ3) is 5.11. The lowest BCUT2D eigenvalue weighted by Gasteiger charge is -2.40.